The van der Waals surface area contributed by atoms with Crippen LogP contribution in [0, 0.1) is 0 Å². The average molecular weight is 339 g/mol. The Morgan fingerprint density at radius 3 is 2.79 bits per heavy atom. The molecule has 1 N–H and O–H groups in total. The molecular formula is C17H16F3NO3. The third kappa shape index (κ3) is 3.79. The number of furan rings is 1. The van der Waals surface area contributed by atoms with Crippen molar-refractivity contribution in [2.24, 2.45) is 0 Å². The minimum absolute atomic E-state index is 0.00634. The van der Waals surface area contributed by atoms with Crippen molar-refractivity contribution in [3.05, 3.63) is 47.7 Å². The van der Waals surface area contributed by atoms with Crippen LogP contribution in [0.15, 0.2) is 40.8 Å². The highest BCUT2D eigenvalue weighted by Crippen LogP contribution is 2.32. The van der Waals surface area contributed by atoms with E-state index >= 15 is 0 Å². The molecule has 0 saturated carbocycles. The monoisotopic (exact) mass is 339 g/mol. The summed E-state index contributed by atoms with van der Waals surface area (Å²) < 4.78 is 49.1. The van der Waals surface area contributed by atoms with E-state index in [0.29, 0.717) is 13.2 Å². The number of benzene rings is 1. The predicted molar refractivity (Wildman–Crippen MR) is 80.5 cm³/mol. The second-order valence-corrected chi connectivity index (χ2v) is 5.59. The maximum absolute atomic E-state index is 12.8. The minimum atomic E-state index is -4.43. The fraction of sp³-hybridized carbons (Fsp3) is 0.353. The molecular weight excluding hydrogens is 323 g/mol. The molecule has 24 heavy (non-hydrogen) atoms. The summed E-state index contributed by atoms with van der Waals surface area (Å²) in [6.07, 6.45) is -2.55. The number of nitrogens with one attached hydrogen (secondary N) is 1. The summed E-state index contributed by atoms with van der Waals surface area (Å²) in [7, 11) is 0. The van der Waals surface area contributed by atoms with Gasteiger partial charge in [-0.3, -0.25) is 4.79 Å². The van der Waals surface area contributed by atoms with E-state index in [2.05, 4.69) is 5.32 Å². The summed E-state index contributed by atoms with van der Waals surface area (Å²) in [5.41, 5.74) is -0.496. The lowest BCUT2D eigenvalue weighted by atomic mass is 10.1. The van der Waals surface area contributed by atoms with E-state index in [-0.39, 0.29) is 23.2 Å². The van der Waals surface area contributed by atoms with Gasteiger partial charge in [-0.25, -0.2) is 0 Å². The zero-order valence-corrected chi connectivity index (χ0v) is 12.7. The van der Waals surface area contributed by atoms with E-state index in [1.54, 1.807) is 0 Å². The molecule has 128 valence electrons. The van der Waals surface area contributed by atoms with Crippen molar-refractivity contribution in [1.29, 1.82) is 0 Å². The fourth-order valence-electron chi connectivity index (χ4n) is 2.56. The smallest absolute Gasteiger partial charge is 0.416 e. The summed E-state index contributed by atoms with van der Waals surface area (Å²) >= 11 is 0. The molecule has 2 aromatic rings. The SMILES string of the molecule is O=C(NC[C@H]1CCCO1)c1ccc(-c2cccc(C(F)(F)F)c2)o1. The average Bonchev–Trinajstić information content (AvgIpc) is 3.23. The normalized spacial score (nSPS) is 17.9. The van der Waals surface area contributed by atoms with Gasteiger partial charge in [-0.05, 0) is 37.1 Å². The van der Waals surface area contributed by atoms with Crippen molar-refractivity contribution in [2.45, 2.75) is 25.1 Å². The molecule has 0 bridgehead atoms. The number of rotatable bonds is 4. The molecule has 3 rings (SSSR count). The largest absolute Gasteiger partial charge is 0.451 e. The lowest BCUT2D eigenvalue weighted by Gasteiger charge is -2.09. The van der Waals surface area contributed by atoms with Crippen molar-refractivity contribution >= 4 is 5.91 Å². The molecule has 0 spiro atoms. The Bertz CT molecular complexity index is 718. The molecule has 0 aliphatic carbocycles. The Morgan fingerprint density at radius 2 is 2.08 bits per heavy atom. The van der Waals surface area contributed by atoms with E-state index in [1.807, 2.05) is 0 Å². The van der Waals surface area contributed by atoms with Crippen molar-refractivity contribution < 1.29 is 27.1 Å². The molecule has 2 heterocycles. The van der Waals surface area contributed by atoms with Crippen LogP contribution in [0.4, 0.5) is 13.2 Å². The van der Waals surface area contributed by atoms with Crippen LogP contribution >= 0.6 is 0 Å². The van der Waals surface area contributed by atoms with Gasteiger partial charge < -0.3 is 14.5 Å². The molecule has 1 aromatic carbocycles. The summed E-state index contributed by atoms with van der Waals surface area (Å²) in [5.74, 6) is -0.146. The molecule has 1 aliphatic heterocycles. The molecule has 1 fully saturated rings. The molecule has 1 aliphatic rings. The highest BCUT2D eigenvalue weighted by molar-refractivity contribution is 5.92. The summed E-state index contributed by atoms with van der Waals surface area (Å²) in [6.45, 7) is 1.08. The van der Waals surface area contributed by atoms with Crippen LogP contribution in [-0.2, 0) is 10.9 Å². The molecule has 7 heteroatoms. The Hall–Kier alpha value is -2.28. The first-order valence-electron chi connectivity index (χ1n) is 7.61. The standard InChI is InChI=1S/C17H16F3NO3/c18-17(19,20)12-4-1-3-11(9-12)14-6-7-15(24-14)16(22)21-10-13-5-2-8-23-13/h1,3-4,6-7,9,13H,2,5,8,10H2,(H,21,22)/t13-/m1/s1. The van der Waals surface area contributed by atoms with Gasteiger partial charge in [-0.15, -0.1) is 0 Å². The zero-order chi connectivity index (χ0) is 17.2. The Kier molecular flexibility index (Phi) is 4.62. The second kappa shape index (κ2) is 6.68. The number of amides is 1. The molecule has 1 amide bonds. The lowest BCUT2D eigenvalue weighted by molar-refractivity contribution is -0.137. The van der Waals surface area contributed by atoms with Crippen LogP contribution in [0.25, 0.3) is 11.3 Å². The Morgan fingerprint density at radius 1 is 1.25 bits per heavy atom. The molecule has 0 unspecified atom stereocenters. The maximum Gasteiger partial charge on any atom is 0.416 e. The van der Waals surface area contributed by atoms with Gasteiger partial charge >= 0.3 is 6.18 Å². The third-order valence-electron chi connectivity index (χ3n) is 3.82. The Balaban J connectivity index is 1.69. The topological polar surface area (TPSA) is 51.5 Å². The maximum atomic E-state index is 12.8. The molecule has 1 aromatic heterocycles. The van der Waals surface area contributed by atoms with Gasteiger partial charge in [0.1, 0.15) is 5.76 Å². The Labute approximate surface area is 136 Å². The summed E-state index contributed by atoms with van der Waals surface area (Å²) in [6, 6.07) is 7.71. The predicted octanol–water partition coefficient (Wildman–Crippen LogP) is 3.87. The van der Waals surface area contributed by atoms with Crippen LogP contribution in [0.1, 0.15) is 29.0 Å². The first-order chi connectivity index (χ1) is 11.4. The molecule has 4 nitrogen and oxygen atoms in total. The van der Waals surface area contributed by atoms with Gasteiger partial charge in [0.2, 0.25) is 0 Å². The van der Waals surface area contributed by atoms with Crippen molar-refractivity contribution in [1.82, 2.24) is 5.32 Å². The lowest BCUT2D eigenvalue weighted by Crippen LogP contribution is -2.31. The van der Waals surface area contributed by atoms with E-state index < -0.39 is 17.6 Å². The number of alkyl halides is 3. The van der Waals surface area contributed by atoms with E-state index in [1.165, 1.54) is 24.3 Å². The zero-order valence-electron chi connectivity index (χ0n) is 12.7. The van der Waals surface area contributed by atoms with Gasteiger partial charge in [-0.1, -0.05) is 12.1 Å². The first kappa shape index (κ1) is 16.6. The van der Waals surface area contributed by atoms with E-state index in [9.17, 15) is 18.0 Å². The van der Waals surface area contributed by atoms with Gasteiger partial charge in [0.15, 0.2) is 5.76 Å². The number of hydrogen-bond acceptors (Lipinski definition) is 3. The van der Waals surface area contributed by atoms with Gasteiger partial charge in [0.05, 0.1) is 11.7 Å². The number of ether oxygens (including phenoxy) is 1. The van der Waals surface area contributed by atoms with Gasteiger partial charge in [0, 0.05) is 18.7 Å². The first-order valence-corrected chi connectivity index (χ1v) is 7.61. The quantitative estimate of drug-likeness (QED) is 0.920. The molecule has 1 atom stereocenters. The van der Waals surface area contributed by atoms with Crippen molar-refractivity contribution in [3.8, 4) is 11.3 Å². The molecule has 0 radical (unpaired) electrons. The van der Waals surface area contributed by atoms with Crippen LogP contribution in [-0.4, -0.2) is 25.2 Å². The van der Waals surface area contributed by atoms with Crippen molar-refractivity contribution in [2.75, 3.05) is 13.2 Å². The van der Waals surface area contributed by atoms with Crippen LogP contribution < -0.4 is 5.32 Å². The van der Waals surface area contributed by atoms with E-state index in [4.69, 9.17) is 9.15 Å². The van der Waals surface area contributed by atoms with Crippen LogP contribution in [0.3, 0.4) is 0 Å². The summed E-state index contributed by atoms with van der Waals surface area (Å²) in [4.78, 5) is 12.0. The van der Waals surface area contributed by atoms with Crippen LogP contribution in [0.5, 0.6) is 0 Å². The fourth-order valence-corrected chi connectivity index (χ4v) is 2.56. The van der Waals surface area contributed by atoms with Crippen molar-refractivity contribution in [3.63, 3.8) is 0 Å². The van der Waals surface area contributed by atoms with Gasteiger partial charge in [-0.2, -0.15) is 13.2 Å². The number of carbonyl (C=O) groups excluding carboxylic acids is 1. The highest BCUT2D eigenvalue weighted by Gasteiger charge is 2.30. The minimum Gasteiger partial charge on any atom is -0.451 e. The second-order valence-electron chi connectivity index (χ2n) is 5.59. The number of halogens is 3. The molecule has 1 saturated heterocycles. The van der Waals surface area contributed by atoms with Crippen LogP contribution in [0.2, 0.25) is 0 Å². The highest BCUT2D eigenvalue weighted by atomic mass is 19.4. The summed E-state index contributed by atoms with van der Waals surface area (Å²) in [5, 5.41) is 2.70. The van der Waals surface area contributed by atoms with E-state index in [0.717, 1.165) is 25.0 Å². The van der Waals surface area contributed by atoms with Gasteiger partial charge in [0.25, 0.3) is 5.91 Å². The number of carbonyl (C=O) groups is 1. The number of hydrogen-bond donors (Lipinski definition) is 1. The third-order valence-corrected chi connectivity index (χ3v) is 3.82.